The van der Waals surface area contributed by atoms with E-state index in [2.05, 4.69) is 10.1 Å². The van der Waals surface area contributed by atoms with Gasteiger partial charge in [-0.2, -0.15) is 5.26 Å². The Morgan fingerprint density at radius 2 is 1.97 bits per heavy atom. The Balaban J connectivity index is 1.92. The summed E-state index contributed by atoms with van der Waals surface area (Å²) in [4.78, 5) is 35.5. The van der Waals surface area contributed by atoms with Gasteiger partial charge in [-0.15, -0.1) is 0 Å². The van der Waals surface area contributed by atoms with Gasteiger partial charge < -0.3 is 19.7 Å². The second-order valence-corrected chi connectivity index (χ2v) is 6.77. The van der Waals surface area contributed by atoms with Crippen molar-refractivity contribution in [3.63, 3.8) is 0 Å². The van der Waals surface area contributed by atoms with E-state index in [0.717, 1.165) is 5.39 Å². The van der Waals surface area contributed by atoms with E-state index >= 15 is 0 Å². The molecule has 2 N–H and O–H groups in total. The van der Waals surface area contributed by atoms with Crippen molar-refractivity contribution in [2.45, 2.75) is 13.5 Å². The summed E-state index contributed by atoms with van der Waals surface area (Å²) in [5.41, 5.74) is 2.53. The number of aromatic nitrogens is 1. The van der Waals surface area contributed by atoms with Gasteiger partial charge in [0.2, 0.25) is 0 Å². The van der Waals surface area contributed by atoms with Crippen molar-refractivity contribution in [2.24, 2.45) is 0 Å². The maximum atomic E-state index is 12.7. The van der Waals surface area contributed by atoms with Crippen molar-refractivity contribution in [3.8, 4) is 6.07 Å². The minimum absolute atomic E-state index is 0.144. The number of methoxy groups -OCH3 is 1. The normalized spacial score (nSPS) is 11.1. The van der Waals surface area contributed by atoms with E-state index in [4.69, 9.17) is 5.11 Å². The predicted molar refractivity (Wildman–Crippen MR) is 114 cm³/mol. The highest BCUT2D eigenvalue weighted by atomic mass is 16.5. The van der Waals surface area contributed by atoms with E-state index in [1.807, 2.05) is 6.07 Å². The lowest BCUT2D eigenvalue weighted by Gasteiger charge is -2.09. The van der Waals surface area contributed by atoms with Gasteiger partial charge in [-0.05, 0) is 42.8 Å². The highest BCUT2D eigenvalue weighted by molar-refractivity contribution is 6.11. The van der Waals surface area contributed by atoms with Crippen molar-refractivity contribution in [1.82, 2.24) is 4.57 Å². The molecule has 0 saturated heterocycles. The van der Waals surface area contributed by atoms with E-state index in [0.29, 0.717) is 27.9 Å². The SMILES string of the molecule is COC(=O)c1ccc(NC(=O)/C(C#N)=C/c2cn(CC(=O)O)c3ccccc23)c(C)c1. The summed E-state index contributed by atoms with van der Waals surface area (Å²) in [6.07, 6.45) is 3.02. The zero-order valence-electron chi connectivity index (χ0n) is 16.9. The zero-order valence-corrected chi connectivity index (χ0v) is 16.9. The molecular formula is C23H19N3O5. The van der Waals surface area contributed by atoms with Gasteiger partial charge in [0.1, 0.15) is 18.2 Å². The number of amides is 1. The number of carbonyl (C=O) groups excluding carboxylic acids is 2. The number of para-hydroxylation sites is 1. The summed E-state index contributed by atoms with van der Waals surface area (Å²) in [6, 6.07) is 13.7. The quantitative estimate of drug-likeness (QED) is 0.360. The topological polar surface area (TPSA) is 121 Å². The number of ether oxygens (including phenoxy) is 1. The molecule has 0 saturated carbocycles. The Hall–Kier alpha value is -4.38. The number of carboxylic acid groups (broad SMARTS) is 1. The monoisotopic (exact) mass is 417 g/mol. The lowest BCUT2D eigenvalue weighted by Crippen LogP contribution is -2.14. The first-order chi connectivity index (χ1) is 14.8. The van der Waals surface area contributed by atoms with Gasteiger partial charge >= 0.3 is 11.9 Å². The molecule has 8 nitrogen and oxygen atoms in total. The molecule has 156 valence electrons. The van der Waals surface area contributed by atoms with Crippen molar-refractivity contribution in [2.75, 3.05) is 12.4 Å². The predicted octanol–water partition coefficient (Wildman–Crippen LogP) is 3.37. The number of nitrogens with one attached hydrogen (secondary N) is 1. The number of nitriles is 1. The molecule has 0 aliphatic heterocycles. The maximum absolute atomic E-state index is 12.7. The number of aliphatic carboxylic acids is 1. The van der Waals surface area contributed by atoms with Gasteiger partial charge in [-0.3, -0.25) is 9.59 Å². The van der Waals surface area contributed by atoms with Crippen LogP contribution in [0, 0.1) is 18.3 Å². The van der Waals surface area contributed by atoms with Gasteiger partial charge in [-0.25, -0.2) is 4.79 Å². The molecule has 0 aliphatic rings. The smallest absolute Gasteiger partial charge is 0.337 e. The van der Waals surface area contributed by atoms with Crippen LogP contribution in [0.25, 0.3) is 17.0 Å². The van der Waals surface area contributed by atoms with Crippen LogP contribution in [0.15, 0.2) is 54.2 Å². The van der Waals surface area contributed by atoms with Crippen molar-refractivity contribution in [3.05, 3.63) is 70.9 Å². The molecule has 31 heavy (non-hydrogen) atoms. The van der Waals surface area contributed by atoms with E-state index in [-0.39, 0.29) is 12.1 Å². The van der Waals surface area contributed by atoms with Gasteiger partial charge in [0, 0.05) is 28.4 Å². The fourth-order valence-electron chi connectivity index (χ4n) is 3.21. The first-order valence-electron chi connectivity index (χ1n) is 9.25. The molecule has 0 radical (unpaired) electrons. The molecule has 0 atom stereocenters. The molecule has 0 unspecified atom stereocenters. The van der Waals surface area contributed by atoms with Crippen LogP contribution < -0.4 is 5.32 Å². The van der Waals surface area contributed by atoms with Crippen LogP contribution in [-0.2, 0) is 20.9 Å². The molecule has 2 aromatic carbocycles. The summed E-state index contributed by atoms with van der Waals surface area (Å²) in [6.45, 7) is 1.48. The lowest BCUT2D eigenvalue weighted by molar-refractivity contribution is -0.137. The molecule has 0 aliphatic carbocycles. The van der Waals surface area contributed by atoms with Gasteiger partial charge in [-0.1, -0.05) is 18.2 Å². The molecule has 1 aromatic heterocycles. The molecule has 0 spiro atoms. The highest BCUT2D eigenvalue weighted by Gasteiger charge is 2.15. The van der Waals surface area contributed by atoms with E-state index in [1.165, 1.54) is 19.3 Å². The first kappa shape index (κ1) is 21.3. The second-order valence-electron chi connectivity index (χ2n) is 6.77. The van der Waals surface area contributed by atoms with Crippen molar-refractivity contribution in [1.29, 1.82) is 5.26 Å². The number of carbonyl (C=O) groups is 3. The van der Waals surface area contributed by atoms with Crippen LogP contribution >= 0.6 is 0 Å². The number of nitrogens with zero attached hydrogens (tertiary/aromatic N) is 2. The highest BCUT2D eigenvalue weighted by Crippen LogP contribution is 2.24. The van der Waals surface area contributed by atoms with Gasteiger partial charge in [0.25, 0.3) is 5.91 Å². The number of hydrogen-bond acceptors (Lipinski definition) is 5. The number of aryl methyl sites for hydroxylation is 1. The minimum Gasteiger partial charge on any atom is -0.480 e. The van der Waals surface area contributed by atoms with Crippen molar-refractivity contribution >= 4 is 40.5 Å². The van der Waals surface area contributed by atoms with Crippen LogP contribution in [0.2, 0.25) is 0 Å². The third-order valence-corrected chi connectivity index (χ3v) is 4.69. The number of hydrogen-bond donors (Lipinski definition) is 2. The molecule has 0 fully saturated rings. The number of carboxylic acids is 1. The summed E-state index contributed by atoms with van der Waals surface area (Å²) in [5.74, 6) is -2.11. The molecule has 3 rings (SSSR count). The van der Waals surface area contributed by atoms with Crippen LogP contribution in [0.5, 0.6) is 0 Å². The second kappa shape index (κ2) is 8.97. The average Bonchev–Trinajstić information content (AvgIpc) is 3.09. The maximum Gasteiger partial charge on any atom is 0.337 e. The average molecular weight is 417 g/mol. The Morgan fingerprint density at radius 1 is 1.23 bits per heavy atom. The van der Waals surface area contributed by atoms with Gasteiger partial charge in [0.15, 0.2) is 0 Å². The van der Waals surface area contributed by atoms with Crippen LogP contribution in [0.4, 0.5) is 5.69 Å². The summed E-state index contributed by atoms with van der Waals surface area (Å²) in [7, 11) is 1.28. The molecule has 0 bridgehead atoms. The van der Waals surface area contributed by atoms with E-state index < -0.39 is 17.8 Å². The standard InChI is InChI=1S/C23H19N3O5/c1-14-9-15(23(30)31-2)7-8-19(14)25-22(29)16(11-24)10-17-12-26(13-21(27)28)20-6-4-3-5-18(17)20/h3-10,12H,13H2,1-2H3,(H,25,29)(H,27,28)/b16-10+. The fourth-order valence-corrected chi connectivity index (χ4v) is 3.21. The Kier molecular flexibility index (Phi) is 6.17. The molecular weight excluding hydrogens is 398 g/mol. The molecule has 8 heteroatoms. The largest absolute Gasteiger partial charge is 0.480 e. The zero-order chi connectivity index (χ0) is 22.5. The Labute approximate surface area is 178 Å². The van der Waals surface area contributed by atoms with E-state index in [1.54, 1.807) is 54.1 Å². The Bertz CT molecular complexity index is 1260. The minimum atomic E-state index is -1.000. The van der Waals surface area contributed by atoms with Crippen LogP contribution in [0.3, 0.4) is 0 Å². The third kappa shape index (κ3) is 4.62. The van der Waals surface area contributed by atoms with Crippen molar-refractivity contribution < 1.29 is 24.2 Å². The number of fused-ring (bicyclic) bond motifs is 1. The molecule has 1 amide bonds. The number of benzene rings is 2. The Morgan fingerprint density at radius 3 is 2.61 bits per heavy atom. The number of esters is 1. The van der Waals surface area contributed by atoms with Crippen LogP contribution in [0.1, 0.15) is 21.5 Å². The molecule has 1 heterocycles. The van der Waals surface area contributed by atoms with Gasteiger partial charge in [0.05, 0.1) is 12.7 Å². The summed E-state index contributed by atoms with van der Waals surface area (Å²) >= 11 is 0. The fraction of sp³-hybridized carbons (Fsp3) is 0.130. The lowest BCUT2D eigenvalue weighted by atomic mass is 10.1. The number of anilines is 1. The third-order valence-electron chi connectivity index (χ3n) is 4.69. The molecule has 3 aromatic rings. The van der Waals surface area contributed by atoms with E-state index in [9.17, 15) is 19.6 Å². The summed E-state index contributed by atoms with van der Waals surface area (Å²) < 4.78 is 6.23. The number of rotatable bonds is 6. The summed E-state index contributed by atoms with van der Waals surface area (Å²) in [5, 5.41) is 22.1. The first-order valence-corrected chi connectivity index (χ1v) is 9.25. The van der Waals surface area contributed by atoms with Crippen LogP contribution in [-0.4, -0.2) is 34.6 Å².